The summed E-state index contributed by atoms with van der Waals surface area (Å²) in [6.45, 7) is 8.68. The molecule has 1 aliphatic rings. The average molecular weight is 269 g/mol. The average Bonchev–Trinajstić information content (AvgIpc) is 2.27. The summed E-state index contributed by atoms with van der Waals surface area (Å²) in [7, 11) is 0. The van der Waals surface area contributed by atoms with Crippen molar-refractivity contribution in [1.29, 1.82) is 0 Å². The van der Waals surface area contributed by atoms with E-state index < -0.39 is 0 Å². The summed E-state index contributed by atoms with van der Waals surface area (Å²) in [5.41, 5.74) is 0. The fourth-order valence-electron chi connectivity index (χ4n) is 2.74. The zero-order valence-corrected chi connectivity index (χ0v) is 11.9. The first-order valence-electron chi connectivity index (χ1n) is 6.59. The Bertz CT molecular complexity index is 376. The SMILES string of the molecule is CC1CC(C)CN(CCOc2cncc(Cl)c2)C1. The van der Waals surface area contributed by atoms with Gasteiger partial charge in [0, 0.05) is 31.9 Å². The van der Waals surface area contributed by atoms with Gasteiger partial charge in [-0.15, -0.1) is 0 Å². The van der Waals surface area contributed by atoms with Crippen molar-refractivity contribution in [3.63, 3.8) is 0 Å². The monoisotopic (exact) mass is 268 g/mol. The number of ether oxygens (including phenoxy) is 1. The Kier molecular flexibility index (Phi) is 4.84. The topological polar surface area (TPSA) is 25.4 Å². The van der Waals surface area contributed by atoms with E-state index in [4.69, 9.17) is 16.3 Å². The number of piperidine rings is 1. The largest absolute Gasteiger partial charge is 0.491 e. The molecule has 18 heavy (non-hydrogen) atoms. The van der Waals surface area contributed by atoms with Crippen LogP contribution in [0.15, 0.2) is 18.5 Å². The molecule has 1 saturated heterocycles. The van der Waals surface area contributed by atoms with E-state index in [-0.39, 0.29) is 0 Å². The maximum Gasteiger partial charge on any atom is 0.139 e. The van der Waals surface area contributed by atoms with Crippen LogP contribution in [0.4, 0.5) is 0 Å². The number of hydrogen-bond acceptors (Lipinski definition) is 3. The molecular formula is C14H21ClN2O. The number of rotatable bonds is 4. The highest BCUT2D eigenvalue weighted by Gasteiger charge is 2.21. The summed E-state index contributed by atoms with van der Waals surface area (Å²) in [6.07, 6.45) is 4.66. The van der Waals surface area contributed by atoms with Crippen LogP contribution >= 0.6 is 11.6 Å². The molecule has 1 aromatic rings. The summed E-state index contributed by atoms with van der Waals surface area (Å²) in [6, 6.07) is 1.80. The summed E-state index contributed by atoms with van der Waals surface area (Å²) >= 11 is 5.86. The fourth-order valence-corrected chi connectivity index (χ4v) is 2.90. The number of aromatic nitrogens is 1. The van der Waals surface area contributed by atoms with Crippen LogP contribution in [0.5, 0.6) is 5.75 Å². The summed E-state index contributed by atoms with van der Waals surface area (Å²) in [5.74, 6) is 2.34. The van der Waals surface area contributed by atoms with Gasteiger partial charge < -0.3 is 4.74 Å². The lowest BCUT2D eigenvalue weighted by molar-refractivity contribution is 0.120. The van der Waals surface area contributed by atoms with E-state index >= 15 is 0 Å². The minimum Gasteiger partial charge on any atom is -0.491 e. The molecule has 0 N–H and O–H groups in total. The third kappa shape index (κ3) is 4.14. The molecule has 0 aliphatic carbocycles. The van der Waals surface area contributed by atoms with Crippen LogP contribution in [0, 0.1) is 11.8 Å². The van der Waals surface area contributed by atoms with Crippen molar-refractivity contribution in [1.82, 2.24) is 9.88 Å². The van der Waals surface area contributed by atoms with Gasteiger partial charge in [-0.05, 0) is 18.3 Å². The van der Waals surface area contributed by atoms with Gasteiger partial charge >= 0.3 is 0 Å². The molecule has 0 radical (unpaired) electrons. The number of pyridine rings is 1. The summed E-state index contributed by atoms with van der Waals surface area (Å²) < 4.78 is 5.67. The molecule has 1 aromatic heterocycles. The van der Waals surface area contributed by atoms with Crippen LogP contribution in [0.3, 0.4) is 0 Å². The van der Waals surface area contributed by atoms with E-state index in [9.17, 15) is 0 Å². The van der Waals surface area contributed by atoms with Crippen LogP contribution in [0.2, 0.25) is 5.02 Å². The molecule has 2 heterocycles. The molecule has 0 amide bonds. The molecule has 1 aliphatic heterocycles. The second-order valence-electron chi connectivity index (χ2n) is 5.39. The van der Waals surface area contributed by atoms with Crippen molar-refractivity contribution >= 4 is 11.6 Å². The van der Waals surface area contributed by atoms with Gasteiger partial charge in [0.05, 0.1) is 11.2 Å². The molecule has 0 saturated carbocycles. The first kappa shape index (κ1) is 13.6. The lowest BCUT2D eigenvalue weighted by Crippen LogP contribution is -2.40. The van der Waals surface area contributed by atoms with Gasteiger partial charge in [0.15, 0.2) is 0 Å². The highest BCUT2D eigenvalue weighted by molar-refractivity contribution is 6.30. The lowest BCUT2D eigenvalue weighted by Gasteiger charge is -2.34. The van der Waals surface area contributed by atoms with E-state index in [0.717, 1.165) is 24.1 Å². The third-order valence-corrected chi connectivity index (χ3v) is 3.51. The van der Waals surface area contributed by atoms with Crippen LogP contribution in [-0.2, 0) is 0 Å². The normalized spacial score (nSPS) is 25.1. The molecule has 4 heteroatoms. The Hall–Kier alpha value is -0.800. The first-order chi connectivity index (χ1) is 8.63. The van der Waals surface area contributed by atoms with E-state index in [1.165, 1.54) is 19.5 Å². The van der Waals surface area contributed by atoms with E-state index in [0.29, 0.717) is 11.6 Å². The predicted molar refractivity (Wildman–Crippen MR) is 74.1 cm³/mol. The second kappa shape index (κ2) is 6.39. The number of halogens is 1. The molecule has 0 bridgehead atoms. The Labute approximate surface area is 114 Å². The van der Waals surface area contributed by atoms with Gasteiger partial charge in [0.1, 0.15) is 12.4 Å². The van der Waals surface area contributed by atoms with E-state index in [1.807, 2.05) is 0 Å². The molecule has 3 nitrogen and oxygen atoms in total. The van der Waals surface area contributed by atoms with Crippen molar-refractivity contribution in [3.05, 3.63) is 23.5 Å². The van der Waals surface area contributed by atoms with Gasteiger partial charge in [-0.3, -0.25) is 9.88 Å². The maximum atomic E-state index is 5.86. The molecule has 100 valence electrons. The molecular weight excluding hydrogens is 248 g/mol. The van der Waals surface area contributed by atoms with Gasteiger partial charge in [-0.25, -0.2) is 0 Å². The van der Waals surface area contributed by atoms with Crippen LogP contribution in [0.1, 0.15) is 20.3 Å². The van der Waals surface area contributed by atoms with Crippen molar-refractivity contribution in [3.8, 4) is 5.75 Å². The predicted octanol–water partition coefficient (Wildman–Crippen LogP) is 3.09. The molecule has 2 rings (SSSR count). The van der Waals surface area contributed by atoms with Crippen molar-refractivity contribution in [2.45, 2.75) is 20.3 Å². The summed E-state index contributed by atoms with van der Waals surface area (Å²) in [5, 5.41) is 0.618. The third-order valence-electron chi connectivity index (χ3n) is 3.30. The van der Waals surface area contributed by atoms with Crippen molar-refractivity contribution in [2.75, 3.05) is 26.2 Å². The Balaban J connectivity index is 1.75. The minimum absolute atomic E-state index is 0.618. The maximum absolute atomic E-state index is 5.86. The Morgan fingerprint density at radius 3 is 2.72 bits per heavy atom. The standard InChI is InChI=1S/C14H21ClN2O/c1-11-5-12(2)10-17(9-11)3-4-18-14-6-13(15)7-16-8-14/h6-8,11-12H,3-5,9-10H2,1-2H3. The Morgan fingerprint density at radius 2 is 2.06 bits per heavy atom. The highest BCUT2D eigenvalue weighted by Crippen LogP contribution is 2.20. The smallest absolute Gasteiger partial charge is 0.139 e. The van der Waals surface area contributed by atoms with E-state index in [1.54, 1.807) is 18.5 Å². The van der Waals surface area contributed by atoms with Crippen LogP contribution < -0.4 is 4.74 Å². The zero-order valence-electron chi connectivity index (χ0n) is 11.1. The van der Waals surface area contributed by atoms with Crippen LogP contribution in [0.25, 0.3) is 0 Å². The fraction of sp³-hybridized carbons (Fsp3) is 0.643. The van der Waals surface area contributed by atoms with Crippen molar-refractivity contribution < 1.29 is 4.74 Å². The van der Waals surface area contributed by atoms with Crippen LogP contribution in [-0.4, -0.2) is 36.1 Å². The summed E-state index contributed by atoms with van der Waals surface area (Å²) in [4.78, 5) is 6.49. The molecule has 0 spiro atoms. The quantitative estimate of drug-likeness (QED) is 0.839. The molecule has 0 aromatic carbocycles. The molecule has 1 fully saturated rings. The second-order valence-corrected chi connectivity index (χ2v) is 5.83. The first-order valence-corrected chi connectivity index (χ1v) is 6.97. The number of hydrogen-bond donors (Lipinski definition) is 0. The van der Waals surface area contributed by atoms with Gasteiger partial charge in [0.25, 0.3) is 0 Å². The zero-order chi connectivity index (χ0) is 13.0. The van der Waals surface area contributed by atoms with Gasteiger partial charge in [-0.2, -0.15) is 0 Å². The Morgan fingerprint density at radius 1 is 1.33 bits per heavy atom. The van der Waals surface area contributed by atoms with Crippen molar-refractivity contribution in [2.24, 2.45) is 11.8 Å². The van der Waals surface area contributed by atoms with Gasteiger partial charge in [0.2, 0.25) is 0 Å². The number of nitrogens with zero attached hydrogens (tertiary/aromatic N) is 2. The molecule has 2 atom stereocenters. The highest BCUT2D eigenvalue weighted by atomic mass is 35.5. The minimum atomic E-state index is 0.618. The molecule has 2 unspecified atom stereocenters. The lowest BCUT2D eigenvalue weighted by atomic mass is 9.92. The number of likely N-dealkylation sites (tertiary alicyclic amines) is 1. The van der Waals surface area contributed by atoms with E-state index in [2.05, 4.69) is 23.7 Å². The van der Waals surface area contributed by atoms with Gasteiger partial charge in [-0.1, -0.05) is 25.4 Å².